The van der Waals surface area contributed by atoms with Gasteiger partial charge >= 0.3 is 0 Å². The summed E-state index contributed by atoms with van der Waals surface area (Å²) in [6.07, 6.45) is 8.40. The lowest BCUT2D eigenvalue weighted by molar-refractivity contribution is 0.895. The van der Waals surface area contributed by atoms with Crippen molar-refractivity contribution in [1.82, 2.24) is 29.2 Å². The van der Waals surface area contributed by atoms with Gasteiger partial charge in [0.2, 0.25) is 5.28 Å². The van der Waals surface area contributed by atoms with Crippen LogP contribution in [0.4, 0.5) is 0 Å². The second-order valence-electron chi connectivity index (χ2n) is 5.21. The number of aromatic nitrogens is 6. The number of nitrogens with zero attached hydrogens (tertiary/aromatic N) is 7. The summed E-state index contributed by atoms with van der Waals surface area (Å²) in [5.41, 5.74) is 3.29. The van der Waals surface area contributed by atoms with Crippen molar-refractivity contribution in [2.45, 2.75) is 6.92 Å². The van der Waals surface area contributed by atoms with Gasteiger partial charge in [-0.05, 0) is 24.1 Å². The first kappa shape index (κ1) is 14.5. The molecule has 24 heavy (non-hydrogen) atoms. The van der Waals surface area contributed by atoms with Gasteiger partial charge in [0.05, 0.1) is 6.21 Å². The van der Waals surface area contributed by atoms with Crippen molar-refractivity contribution < 1.29 is 0 Å². The average molecular weight is 338 g/mol. The van der Waals surface area contributed by atoms with Crippen molar-refractivity contribution >= 4 is 29.0 Å². The van der Waals surface area contributed by atoms with Gasteiger partial charge in [-0.2, -0.15) is 15.1 Å². The highest BCUT2D eigenvalue weighted by molar-refractivity contribution is 6.28. The van der Waals surface area contributed by atoms with Gasteiger partial charge in [-0.25, -0.2) is 14.6 Å². The van der Waals surface area contributed by atoms with Crippen LogP contribution in [-0.4, -0.2) is 35.4 Å². The van der Waals surface area contributed by atoms with Crippen LogP contribution in [0.3, 0.4) is 0 Å². The number of aryl methyl sites for hydroxylation is 1. The lowest BCUT2D eigenvalue weighted by Gasteiger charge is -2.03. The molecule has 7 nitrogen and oxygen atoms in total. The fourth-order valence-corrected chi connectivity index (χ4v) is 2.54. The summed E-state index contributed by atoms with van der Waals surface area (Å²) in [7, 11) is 0. The normalized spacial score (nSPS) is 11.6. The molecule has 0 saturated carbocycles. The van der Waals surface area contributed by atoms with E-state index in [0.717, 1.165) is 5.56 Å². The van der Waals surface area contributed by atoms with Gasteiger partial charge in [-0.1, -0.05) is 29.8 Å². The van der Waals surface area contributed by atoms with E-state index in [1.807, 2.05) is 31.2 Å². The van der Waals surface area contributed by atoms with Crippen LogP contribution in [-0.2, 0) is 0 Å². The Bertz CT molecular complexity index is 1030. The smallest absolute Gasteiger partial charge is 0.226 e. The molecule has 0 bridgehead atoms. The molecule has 0 fully saturated rings. The molecule has 0 atom stereocenters. The molecular weight excluding hydrogens is 326 g/mol. The molecule has 3 heterocycles. The molecule has 0 N–H and O–H groups in total. The highest BCUT2D eigenvalue weighted by Gasteiger charge is 2.13. The van der Waals surface area contributed by atoms with E-state index in [9.17, 15) is 0 Å². The summed E-state index contributed by atoms with van der Waals surface area (Å²) in [4.78, 5) is 16.9. The van der Waals surface area contributed by atoms with Crippen LogP contribution in [0.2, 0.25) is 5.28 Å². The topological polar surface area (TPSA) is 73.8 Å². The molecule has 4 rings (SSSR count). The van der Waals surface area contributed by atoms with Crippen molar-refractivity contribution in [2.75, 3.05) is 0 Å². The van der Waals surface area contributed by atoms with Crippen LogP contribution in [0.1, 0.15) is 11.1 Å². The highest BCUT2D eigenvalue weighted by atomic mass is 35.5. The predicted octanol–water partition coefficient (Wildman–Crippen LogP) is 2.86. The van der Waals surface area contributed by atoms with E-state index in [-0.39, 0.29) is 5.28 Å². The number of imidazole rings is 2. The molecule has 0 radical (unpaired) electrons. The Morgan fingerprint density at radius 2 is 2.12 bits per heavy atom. The van der Waals surface area contributed by atoms with Crippen LogP contribution >= 0.6 is 11.6 Å². The third-order valence-electron chi connectivity index (χ3n) is 3.46. The molecule has 3 aromatic heterocycles. The van der Waals surface area contributed by atoms with Gasteiger partial charge in [-0.15, -0.1) is 0 Å². The Kier molecular flexibility index (Phi) is 3.55. The minimum absolute atomic E-state index is 0.124. The zero-order valence-electron chi connectivity index (χ0n) is 12.7. The molecule has 0 unspecified atom stereocenters. The summed E-state index contributed by atoms with van der Waals surface area (Å²) in [6, 6.07) is 8.04. The number of rotatable bonds is 3. The van der Waals surface area contributed by atoms with Crippen LogP contribution in [0.5, 0.6) is 0 Å². The molecule has 1 aromatic carbocycles. The lowest BCUT2D eigenvalue weighted by Crippen LogP contribution is -2.00. The van der Waals surface area contributed by atoms with Gasteiger partial charge in [0.15, 0.2) is 17.0 Å². The number of hydrogen-bond acceptors (Lipinski definition) is 5. The van der Waals surface area contributed by atoms with Gasteiger partial charge in [0.25, 0.3) is 0 Å². The van der Waals surface area contributed by atoms with Gasteiger partial charge in [0, 0.05) is 12.4 Å². The lowest BCUT2D eigenvalue weighted by atomic mass is 10.2. The Morgan fingerprint density at radius 1 is 1.21 bits per heavy atom. The van der Waals surface area contributed by atoms with E-state index in [4.69, 9.17) is 11.6 Å². The van der Waals surface area contributed by atoms with E-state index >= 15 is 0 Å². The molecule has 8 heteroatoms. The molecule has 0 aliphatic carbocycles. The third-order valence-corrected chi connectivity index (χ3v) is 3.62. The standard InChI is InChI=1S/C16H12ClN7/c1-11-3-2-4-12(7-11)8-20-24-10-19-13-14(23-6-5-18-9-23)21-16(17)22-15(13)24/h2-10H,1H3/b20-8+. The van der Waals surface area contributed by atoms with E-state index in [2.05, 4.69) is 25.0 Å². The summed E-state index contributed by atoms with van der Waals surface area (Å²) >= 11 is 6.06. The Balaban J connectivity index is 1.80. The van der Waals surface area contributed by atoms with Crippen LogP contribution in [0, 0.1) is 6.92 Å². The van der Waals surface area contributed by atoms with Crippen molar-refractivity contribution in [3.05, 3.63) is 65.7 Å². The van der Waals surface area contributed by atoms with Gasteiger partial charge < -0.3 is 0 Å². The molecule has 0 amide bonds. The number of hydrogen-bond donors (Lipinski definition) is 0. The van der Waals surface area contributed by atoms with Crippen LogP contribution in [0.25, 0.3) is 17.0 Å². The van der Waals surface area contributed by atoms with E-state index in [0.29, 0.717) is 17.0 Å². The van der Waals surface area contributed by atoms with Crippen LogP contribution < -0.4 is 0 Å². The summed E-state index contributed by atoms with van der Waals surface area (Å²) in [6.45, 7) is 2.04. The largest absolute Gasteiger partial charge is 0.288 e. The number of halogens is 1. The maximum atomic E-state index is 6.06. The molecule has 0 saturated heterocycles. The molecule has 0 spiro atoms. The molecule has 0 aliphatic rings. The van der Waals surface area contributed by atoms with E-state index in [1.165, 1.54) is 5.56 Å². The van der Waals surface area contributed by atoms with Crippen molar-refractivity contribution in [1.29, 1.82) is 0 Å². The SMILES string of the molecule is Cc1cccc(/C=N/n2cnc3c(-n4ccnc4)nc(Cl)nc32)c1. The van der Waals surface area contributed by atoms with Gasteiger partial charge in [-0.3, -0.25) is 4.57 Å². The summed E-state index contributed by atoms with van der Waals surface area (Å²) in [5.74, 6) is 0.562. The maximum absolute atomic E-state index is 6.06. The monoisotopic (exact) mass is 337 g/mol. The first-order chi connectivity index (χ1) is 11.7. The fraction of sp³-hybridized carbons (Fsp3) is 0.0625. The van der Waals surface area contributed by atoms with Gasteiger partial charge in [0.1, 0.15) is 12.7 Å². The Labute approximate surface area is 142 Å². The molecule has 118 valence electrons. The quantitative estimate of drug-likeness (QED) is 0.425. The number of fused-ring (bicyclic) bond motifs is 1. The highest BCUT2D eigenvalue weighted by Crippen LogP contribution is 2.19. The second kappa shape index (κ2) is 5.86. The zero-order chi connectivity index (χ0) is 16.5. The first-order valence-corrected chi connectivity index (χ1v) is 7.58. The van der Waals surface area contributed by atoms with E-state index < -0.39 is 0 Å². The zero-order valence-corrected chi connectivity index (χ0v) is 13.5. The second-order valence-corrected chi connectivity index (χ2v) is 5.54. The Hall–Kier alpha value is -3.06. The fourth-order valence-electron chi connectivity index (χ4n) is 2.38. The number of benzene rings is 1. The maximum Gasteiger partial charge on any atom is 0.226 e. The molecule has 4 aromatic rings. The summed E-state index contributed by atoms with van der Waals surface area (Å²) < 4.78 is 3.31. The van der Waals surface area contributed by atoms with E-state index in [1.54, 1.807) is 40.5 Å². The first-order valence-electron chi connectivity index (χ1n) is 7.20. The minimum Gasteiger partial charge on any atom is -0.288 e. The van der Waals surface area contributed by atoms with Crippen molar-refractivity contribution in [3.8, 4) is 5.82 Å². The summed E-state index contributed by atoms with van der Waals surface area (Å²) in [5, 5.41) is 4.55. The van der Waals surface area contributed by atoms with Crippen molar-refractivity contribution in [3.63, 3.8) is 0 Å². The predicted molar refractivity (Wildman–Crippen MR) is 91.6 cm³/mol. The third kappa shape index (κ3) is 2.65. The average Bonchev–Trinajstić information content (AvgIpc) is 3.22. The minimum atomic E-state index is 0.124. The molecular formula is C16H12ClN7. The molecule has 0 aliphatic heterocycles. The van der Waals surface area contributed by atoms with Crippen molar-refractivity contribution in [2.24, 2.45) is 5.10 Å². The van der Waals surface area contributed by atoms with Crippen LogP contribution in [0.15, 0.2) is 54.4 Å². The Morgan fingerprint density at radius 3 is 2.92 bits per heavy atom.